The lowest BCUT2D eigenvalue weighted by molar-refractivity contribution is -0.0143. The number of aliphatic hydroxyl groups excluding tert-OH is 1. The van der Waals surface area contributed by atoms with Crippen LogP contribution in [0.15, 0.2) is 18.3 Å². The van der Waals surface area contributed by atoms with Gasteiger partial charge in [0.05, 0.1) is 23.9 Å². The number of benzene rings is 1. The summed E-state index contributed by atoms with van der Waals surface area (Å²) < 4.78 is 5.58. The quantitative estimate of drug-likeness (QED) is 0.666. The van der Waals surface area contributed by atoms with Gasteiger partial charge in [0, 0.05) is 36.7 Å². The lowest BCUT2D eigenvalue weighted by Gasteiger charge is -2.43. The van der Waals surface area contributed by atoms with Gasteiger partial charge in [0.2, 0.25) is 0 Å². The second-order valence-electron chi connectivity index (χ2n) is 9.13. The summed E-state index contributed by atoms with van der Waals surface area (Å²) in [4.78, 5) is 14.4. The minimum Gasteiger partial charge on any atom is -0.388 e. The van der Waals surface area contributed by atoms with Crippen LogP contribution in [0.25, 0.3) is 10.9 Å². The van der Waals surface area contributed by atoms with E-state index in [1.165, 1.54) is 0 Å². The number of aliphatic hydroxyl groups is 1. The minimum atomic E-state index is -0.679. The topological polar surface area (TPSA) is 90.5 Å². The van der Waals surface area contributed by atoms with Crippen molar-refractivity contribution in [2.75, 3.05) is 26.2 Å². The van der Waals surface area contributed by atoms with Gasteiger partial charge in [-0.1, -0.05) is 25.4 Å². The number of nitrogens with one attached hydrogen (secondary N) is 2. The summed E-state index contributed by atoms with van der Waals surface area (Å²) in [6.45, 7) is 6.95. The van der Waals surface area contributed by atoms with Crippen molar-refractivity contribution in [2.24, 2.45) is 11.3 Å². The van der Waals surface area contributed by atoms with E-state index in [0.29, 0.717) is 24.7 Å². The molecule has 0 aliphatic carbocycles. The molecule has 2 unspecified atom stereocenters. The van der Waals surface area contributed by atoms with E-state index in [0.717, 1.165) is 48.8 Å². The predicted octanol–water partition coefficient (Wildman–Crippen LogP) is 3.88. The summed E-state index contributed by atoms with van der Waals surface area (Å²) in [7, 11) is 0. The average molecular weight is 435 g/mol. The zero-order valence-corrected chi connectivity index (χ0v) is 18.4. The second-order valence-corrected chi connectivity index (χ2v) is 9.57. The van der Waals surface area contributed by atoms with E-state index in [1.807, 2.05) is 17.0 Å². The molecule has 0 bridgehead atoms. The summed E-state index contributed by atoms with van der Waals surface area (Å²) in [6.07, 6.45) is 5.00. The Balaban J connectivity index is 1.38. The van der Waals surface area contributed by atoms with Crippen molar-refractivity contribution in [1.29, 1.82) is 0 Å². The summed E-state index contributed by atoms with van der Waals surface area (Å²) in [6, 6.07) is 3.64. The molecule has 2 fully saturated rings. The van der Waals surface area contributed by atoms with Gasteiger partial charge in [0.25, 0.3) is 0 Å². The molecule has 2 aliphatic rings. The first-order valence-corrected chi connectivity index (χ1v) is 11.2. The molecule has 0 saturated carbocycles. The standard InChI is InChI=1S/C22H31ClN4O3/c1-22(2,20(28)17-10-15(23)11-19-18(17)13-25-26-19)14-5-7-27(8-6-14)21(29)24-12-16-4-3-9-30-16/h10-11,13-14,16,20,28H,3-9,12H2,1-2H3,(H,24,29)(H,25,26). The molecule has 0 spiro atoms. The fourth-order valence-electron chi connectivity index (χ4n) is 4.84. The molecule has 1 aromatic heterocycles. The van der Waals surface area contributed by atoms with E-state index in [-0.39, 0.29) is 23.5 Å². The molecule has 1 aromatic carbocycles. The maximum absolute atomic E-state index is 12.5. The zero-order chi connectivity index (χ0) is 21.3. The zero-order valence-electron chi connectivity index (χ0n) is 17.7. The Morgan fingerprint density at radius 2 is 2.17 bits per heavy atom. The molecule has 8 heteroatoms. The van der Waals surface area contributed by atoms with Crippen molar-refractivity contribution in [3.8, 4) is 0 Å². The molecular weight excluding hydrogens is 404 g/mol. The smallest absolute Gasteiger partial charge is 0.317 e. The van der Waals surface area contributed by atoms with Crippen LogP contribution in [0.2, 0.25) is 5.02 Å². The Hall–Kier alpha value is -1.83. The fourth-order valence-corrected chi connectivity index (χ4v) is 5.06. The van der Waals surface area contributed by atoms with Crippen LogP contribution in [0.5, 0.6) is 0 Å². The number of piperidine rings is 1. The van der Waals surface area contributed by atoms with E-state index in [1.54, 1.807) is 6.20 Å². The molecule has 2 aromatic rings. The molecule has 2 saturated heterocycles. The third-order valence-electron chi connectivity index (χ3n) is 6.89. The molecule has 4 rings (SSSR count). The maximum Gasteiger partial charge on any atom is 0.317 e. The molecule has 3 heterocycles. The number of aromatic nitrogens is 2. The number of carbonyl (C=O) groups excluding carboxylic acids is 1. The molecular formula is C22H31ClN4O3. The van der Waals surface area contributed by atoms with Crippen molar-refractivity contribution >= 4 is 28.5 Å². The lowest BCUT2D eigenvalue weighted by atomic mass is 9.68. The highest BCUT2D eigenvalue weighted by Crippen LogP contribution is 2.46. The molecule has 3 N–H and O–H groups in total. The van der Waals surface area contributed by atoms with Crippen LogP contribution in [0, 0.1) is 11.3 Å². The van der Waals surface area contributed by atoms with Crippen molar-refractivity contribution in [3.63, 3.8) is 0 Å². The fraction of sp³-hybridized carbons (Fsp3) is 0.636. The number of amides is 2. The van der Waals surface area contributed by atoms with Gasteiger partial charge in [0.1, 0.15) is 0 Å². The number of likely N-dealkylation sites (tertiary alicyclic amines) is 1. The third-order valence-corrected chi connectivity index (χ3v) is 7.11. The second kappa shape index (κ2) is 8.73. The van der Waals surface area contributed by atoms with Crippen LogP contribution in [-0.2, 0) is 4.74 Å². The minimum absolute atomic E-state index is 0.0164. The average Bonchev–Trinajstić information content (AvgIpc) is 3.42. The van der Waals surface area contributed by atoms with Gasteiger partial charge in [0.15, 0.2) is 0 Å². The van der Waals surface area contributed by atoms with Crippen LogP contribution in [-0.4, -0.2) is 58.6 Å². The molecule has 2 amide bonds. The van der Waals surface area contributed by atoms with Crippen molar-refractivity contribution in [1.82, 2.24) is 20.4 Å². The van der Waals surface area contributed by atoms with Crippen molar-refractivity contribution in [3.05, 3.63) is 28.9 Å². The van der Waals surface area contributed by atoms with Crippen LogP contribution in [0.3, 0.4) is 0 Å². The molecule has 2 aliphatic heterocycles. The summed E-state index contributed by atoms with van der Waals surface area (Å²) in [5, 5.41) is 22.8. The van der Waals surface area contributed by atoms with E-state index in [2.05, 4.69) is 29.4 Å². The predicted molar refractivity (Wildman–Crippen MR) is 117 cm³/mol. The number of halogens is 1. The summed E-state index contributed by atoms with van der Waals surface area (Å²) in [5.74, 6) is 0.288. The highest BCUT2D eigenvalue weighted by atomic mass is 35.5. The lowest BCUT2D eigenvalue weighted by Crippen LogP contribution is -2.48. The number of urea groups is 1. The highest BCUT2D eigenvalue weighted by Gasteiger charge is 2.40. The first-order valence-electron chi connectivity index (χ1n) is 10.8. The monoisotopic (exact) mass is 434 g/mol. The van der Waals surface area contributed by atoms with Gasteiger partial charge in [-0.3, -0.25) is 5.10 Å². The summed E-state index contributed by atoms with van der Waals surface area (Å²) >= 11 is 6.27. The van der Waals surface area contributed by atoms with Gasteiger partial charge in [-0.15, -0.1) is 0 Å². The number of fused-ring (bicyclic) bond motifs is 1. The van der Waals surface area contributed by atoms with Crippen molar-refractivity contribution < 1.29 is 14.6 Å². The first kappa shape index (κ1) is 21.4. The first-order chi connectivity index (χ1) is 14.4. The Labute approximate surface area is 182 Å². The van der Waals surface area contributed by atoms with Gasteiger partial charge in [-0.25, -0.2) is 4.79 Å². The number of hydrogen-bond acceptors (Lipinski definition) is 4. The number of nitrogens with zero attached hydrogens (tertiary/aromatic N) is 2. The molecule has 30 heavy (non-hydrogen) atoms. The van der Waals surface area contributed by atoms with Crippen LogP contribution >= 0.6 is 11.6 Å². The van der Waals surface area contributed by atoms with Crippen LogP contribution in [0.1, 0.15) is 51.2 Å². The number of hydrogen-bond donors (Lipinski definition) is 3. The third kappa shape index (κ3) is 4.29. The number of aromatic amines is 1. The summed E-state index contributed by atoms with van der Waals surface area (Å²) in [5.41, 5.74) is 1.26. The van der Waals surface area contributed by atoms with E-state index < -0.39 is 6.10 Å². The van der Waals surface area contributed by atoms with E-state index >= 15 is 0 Å². The molecule has 7 nitrogen and oxygen atoms in total. The maximum atomic E-state index is 12.5. The van der Waals surface area contributed by atoms with Crippen LogP contribution < -0.4 is 5.32 Å². The van der Waals surface area contributed by atoms with Crippen LogP contribution in [0.4, 0.5) is 4.79 Å². The van der Waals surface area contributed by atoms with Gasteiger partial charge < -0.3 is 20.1 Å². The number of ether oxygens (including phenoxy) is 1. The van der Waals surface area contributed by atoms with Gasteiger partial charge in [-0.05, 0) is 54.7 Å². The number of rotatable bonds is 5. The molecule has 2 atom stereocenters. The Morgan fingerprint density at radius 3 is 2.87 bits per heavy atom. The normalized spacial score (nSPS) is 21.9. The number of H-pyrrole nitrogens is 1. The Bertz CT molecular complexity index is 886. The Morgan fingerprint density at radius 1 is 1.40 bits per heavy atom. The highest BCUT2D eigenvalue weighted by molar-refractivity contribution is 6.31. The van der Waals surface area contributed by atoms with E-state index in [4.69, 9.17) is 16.3 Å². The molecule has 164 valence electrons. The Kier molecular flexibility index (Phi) is 6.23. The SMILES string of the molecule is CC(C)(C1CCN(C(=O)NCC2CCCO2)CC1)C(O)c1cc(Cl)cc2[nH]ncc12. The van der Waals surface area contributed by atoms with E-state index in [9.17, 15) is 9.90 Å². The van der Waals surface area contributed by atoms with Gasteiger partial charge in [-0.2, -0.15) is 5.10 Å². The van der Waals surface area contributed by atoms with Crippen molar-refractivity contribution in [2.45, 2.75) is 51.7 Å². The largest absolute Gasteiger partial charge is 0.388 e. The number of carbonyl (C=O) groups is 1. The van der Waals surface area contributed by atoms with Gasteiger partial charge >= 0.3 is 6.03 Å². The molecule has 0 radical (unpaired) electrons.